The summed E-state index contributed by atoms with van der Waals surface area (Å²) in [5.74, 6) is 7.30. The van der Waals surface area contributed by atoms with Crippen LogP contribution >= 0.6 is 11.8 Å². The van der Waals surface area contributed by atoms with E-state index in [0.717, 1.165) is 48.5 Å². The lowest BCUT2D eigenvalue weighted by Crippen LogP contribution is -2.17. The molecule has 8 heteroatoms. The summed E-state index contributed by atoms with van der Waals surface area (Å²) in [6.45, 7) is 5.68. The number of Topliss-reactive ketones (excluding diaryl/α,β-unsaturated/α-hetero) is 1. The third kappa shape index (κ3) is 4.48. The van der Waals surface area contributed by atoms with Gasteiger partial charge in [0.05, 0.1) is 11.9 Å². The summed E-state index contributed by atoms with van der Waals surface area (Å²) >= 11 is 1.32. The third-order valence-electron chi connectivity index (χ3n) is 6.58. The van der Waals surface area contributed by atoms with Crippen LogP contribution in [0.2, 0.25) is 0 Å². The molecule has 1 aliphatic heterocycles. The number of ether oxygens (including phenoxy) is 1. The van der Waals surface area contributed by atoms with Gasteiger partial charge in [0.25, 0.3) is 0 Å². The average Bonchev–Trinajstić information content (AvgIpc) is 3.55. The number of hydrogen-bond acceptors (Lipinski definition) is 6. The Morgan fingerprint density at radius 1 is 1.18 bits per heavy atom. The van der Waals surface area contributed by atoms with Crippen molar-refractivity contribution in [3.8, 4) is 0 Å². The predicted octanol–water partition coefficient (Wildman–Crippen LogP) is 4.31. The fourth-order valence-electron chi connectivity index (χ4n) is 4.71. The number of carbonyl (C=O) groups excluding carboxylic acids is 1. The average molecular weight is 476 g/mol. The van der Waals surface area contributed by atoms with Gasteiger partial charge in [-0.3, -0.25) is 4.79 Å². The van der Waals surface area contributed by atoms with E-state index in [2.05, 4.69) is 39.0 Å². The quantitative estimate of drug-likeness (QED) is 0.232. The fraction of sp³-hybridized carbons (Fsp3) is 0.346. The molecule has 7 nitrogen and oxygen atoms in total. The zero-order valence-corrected chi connectivity index (χ0v) is 20.3. The van der Waals surface area contributed by atoms with Crippen molar-refractivity contribution in [1.82, 2.24) is 19.4 Å². The molecule has 3 heterocycles. The maximum atomic E-state index is 13.0. The highest BCUT2D eigenvalue weighted by atomic mass is 32.2. The van der Waals surface area contributed by atoms with Crippen LogP contribution in [0, 0.1) is 13.8 Å². The number of rotatable bonds is 8. The summed E-state index contributed by atoms with van der Waals surface area (Å²) in [5, 5.41) is 11.4. The minimum atomic E-state index is 0.0651. The van der Waals surface area contributed by atoms with Gasteiger partial charge in [-0.2, -0.15) is 0 Å². The first-order chi connectivity index (χ1) is 16.5. The minimum Gasteiger partial charge on any atom is -0.376 e. The molecule has 176 valence electrons. The summed E-state index contributed by atoms with van der Waals surface area (Å²) in [4.78, 5) is 13.0. The number of ketones is 1. The number of benzene rings is 2. The first kappa shape index (κ1) is 22.7. The molecule has 0 spiro atoms. The molecule has 0 aliphatic carbocycles. The molecular weight excluding hydrogens is 446 g/mol. The number of aryl methyl sites for hydroxylation is 1. The fourth-order valence-corrected chi connectivity index (χ4v) is 5.47. The Bertz CT molecular complexity index is 1330. The number of nitrogens with two attached hydrogens (primary N) is 1. The molecular formula is C26H29N5O2S. The van der Waals surface area contributed by atoms with Crippen molar-refractivity contribution in [3.63, 3.8) is 0 Å². The number of carbonyl (C=O) groups is 1. The van der Waals surface area contributed by atoms with Gasteiger partial charge in [0.2, 0.25) is 5.16 Å². The van der Waals surface area contributed by atoms with Gasteiger partial charge < -0.3 is 15.1 Å². The molecule has 1 atom stereocenters. The summed E-state index contributed by atoms with van der Waals surface area (Å²) in [5.41, 5.74) is 3.97. The second-order valence-electron chi connectivity index (χ2n) is 8.83. The Labute approximate surface area is 203 Å². The van der Waals surface area contributed by atoms with E-state index in [1.54, 1.807) is 0 Å². The predicted molar refractivity (Wildman–Crippen MR) is 135 cm³/mol. The molecule has 0 bridgehead atoms. The van der Waals surface area contributed by atoms with Crippen LogP contribution in [-0.2, 0) is 17.7 Å². The van der Waals surface area contributed by atoms with E-state index in [0.29, 0.717) is 17.4 Å². The first-order valence-electron chi connectivity index (χ1n) is 11.6. The molecule has 4 aromatic rings. The van der Waals surface area contributed by atoms with Crippen molar-refractivity contribution < 1.29 is 9.53 Å². The van der Waals surface area contributed by atoms with Gasteiger partial charge in [0.15, 0.2) is 11.6 Å². The van der Waals surface area contributed by atoms with Gasteiger partial charge >= 0.3 is 0 Å². The number of aromatic nitrogens is 4. The van der Waals surface area contributed by atoms with E-state index in [1.807, 2.05) is 38.1 Å². The Kier molecular flexibility index (Phi) is 6.43. The highest BCUT2D eigenvalue weighted by Gasteiger charge is 2.22. The summed E-state index contributed by atoms with van der Waals surface area (Å²) < 4.78 is 9.48. The van der Waals surface area contributed by atoms with Crippen molar-refractivity contribution in [1.29, 1.82) is 0 Å². The second kappa shape index (κ2) is 9.64. The molecule has 1 unspecified atom stereocenters. The first-order valence-corrected chi connectivity index (χ1v) is 12.6. The van der Waals surface area contributed by atoms with E-state index in [-0.39, 0.29) is 17.6 Å². The summed E-state index contributed by atoms with van der Waals surface area (Å²) in [6.07, 6.45) is 2.99. The van der Waals surface area contributed by atoms with E-state index in [9.17, 15) is 4.79 Å². The number of thioether (sulfide) groups is 1. The molecule has 1 aliphatic rings. The van der Waals surface area contributed by atoms with Gasteiger partial charge in [0, 0.05) is 36.5 Å². The van der Waals surface area contributed by atoms with Crippen molar-refractivity contribution in [2.75, 3.05) is 18.2 Å². The van der Waals surface area contributed by atoms with Crippen LogP contribution in [0.5, 0.6) is 0 Å². The van der Waals surface area contributed by atoms with Crippen molar-refractivity contribution >= 4 is 28.3 Å². The van der Waals surface area contributed by atoms with Crippen LogP contribution in [-0.4, -0.2) is 43.7 Å². The molecule has 1 saturated heterocycles. The molecule has 0 radical (unpaired) electrons. The van der Waals surface area contributed by atoms with Gasteiger partial charge in [-0.25, -0.2) is 4.68 Å². The molecule has 0 saturated carbocycles. The Morgan fingerprint density at radius 2 is 2.00 bits per heavy atom. The van der Waals surface area contributed by atoms with Crippen LogP contribution in [0.3, 0.4) is 0 Å². The molecule has 2 aromatic heterocycles. The topological polar surface area (TPSA) is 88.0 Å². The van der Waals surface area contributed by atoms with Gasteiger partial charge in [-0.05, 0) is 49.1 Å². The summed E-state index contributed by atoms with van der Waals surface area (Å²) in [7, 11) is 0. The van der Waals surface area contributed by atoms with Gasteiger partial charge in [-0.15, -0.1) is 10.2 Å². The SMILES string of the molecule is Cc1cc(C(=O)CSc2nnc(Cc3cccc4ccccc34)n2N)c(C)n1CC1CCCO1. The largest absolute Gasteiger partial charge is 0.376 e. The Balaban J connectivity index is 1.27. The number of hydrogen-bond donors (Lipinski definition) is 1. The van der Waals surface area contributed by atoms with Crippen molar-refractivity contribution in [3.05, 3.63) is 76.9 Å². The van der Waals surface area contributed by atoms with Gasteiger partial charge in [0.1, 0.15) is 0 Å². The van der Waals surface area contributed by atoms with E-state index in [4.69, 9.17) is 10.6 Å². The summed E-state index contributed by atoms with van der Waals surface area (Å²) in [6, 6.07) is 16.5. The van der Waals surface area contributed by atoms with Crippen LogP contribution in [0.15, 0.2) is 53.7 Å². The molecule has 1 fully saturated rings. The lowest BCUT2D eigenvalue weighted by molar-refractivity contribution is 0.0957. The molecule has 5 rings (SSSR count). The van der Waals surface area contributed by atoms with Gasteiger partial charge in [-0.1, -0.05) is 54.2 Å². The third-order valence-corrected chi connectivity index (χ3v) is 7.52. The Hall–Kier alpha value is -3.10. The zero-order valence-electron chi connectivity index (χ0n) is 19.5. The van der Waals surface area contributed by atoms with Crippen molar-refractivity contribution in [2.24, 2.45) is 0 Å². The highest BCUT2D eigenvalue weighted by molar-refractivity contribution is 7.99. The second-order valence-corrected chi connectivity index (χ2v) is 9.77. The van der Waals surface area contributed by atoms with Crippen LogP contribution < -0.4 is 5.84 Å². The van der Waals surface area contributed by atoms with E-state index in [1.165, 1.54) is 27.2 Å². The molecule has 34 heavy (non-hydrogen) atoms. The monoisotopic (exact) mass is 475 g/mol. The van der Waals surface area contributed by atoms with Crippen LogP contribution in [0.25, 0.3) is 10.8 Å². The van der Waals surface area contributed by atoms with Crippen molar-refractivity contribution in [2.45, 2.75) is 50.9 Å². The maximum absolute atomic E-state index is 13.0. The highest BCUT2D eigenvalue weighted by Crippen LogP contribution is 2.25. The lowest BCUT2D eigenvalue weighted by Gasteiger charge is -2.14. The maximum Gasteiger partial charge on any atom is 0.210 e. The minimum absolute atomic E-state index is 0.0651. The van der Waals surface area contributed by atoms with E-state index < -0.39 is 0 Å². The van der Waals surface area contributed by atoms with E-state index >= 15 is 0 Å². The molecule has 2 aromatic carbocycles. The Morgan fingerprint density at radius 3 is 2.82 bits per heavy atom. The normalized spacial score (nSPS) is 15.9. The standard InChI is InChI=1S/C26H29N5O2S/c1-17-13-23(18(2)30(17)15-21-10-6-12-33-21)24(32)16-34-26-29-28-25(31(26)27)14-20-9-5-8-19-7-3-4-11-22(19)20/h3-5,7-9,11,13,21H,6,10,12,14-16,27H2,1-2H3. The smallest absolute Gasteiger partial charge is 0.210 e. The lowest BCUT2D eigenvalue weighted by atomic mass is 10.0. The van der Waals surface area contributed by atoms with Crippen LogP contribution in [0.4, 0.5) is 0 Å². The molecule has 0 amide bonds. The number of nitrogen functional groups attached to an aromatic ring is 1. The number of fused-ring (bicyclic) bond motifs is 1. The van der Waals surface area contributed by atoms with Crippen LogP contribution in [0.1, 0.15) is 46.0 Å². The number of nitrogens with zero attached hydrogens (tertiary/aromatic N) is 4. The molecule has 2 N–H and O–H groups in total. The zero-order chi connectivity index (χ0) is 23.7.